The maximum absolute atomic E-state index is 11.8. The summed E-state index contributed by atoms with van der Waals surface area (Å²) in [6, 6.07) is 0. The van der Waals surface area contributed by atoms with Crippen LogP contribution in [0.3, 0.4) is 0 Å². The summed E-state index contributed by atoms with van der Waals surface area (Å²) in [4.78, 5) is 11.8. The Bertz CT molecular complexity index is 328. The predicted octanol–water partition coefficient (Wildman–Crippen LogP) is 2.89. The molecule has 1 saturated heterocycles. The number of ether oxygens (including phenoxy) is 1. The van der Waals surface area contributed by atoms with Crippen molar-refractivity contribution in [2.24, 2.45) is 11.8 Å². The molecule has 1 aliphatic heterocycles. The molecular weight excluding hydrogens is 200 g/mol. The fourth-order valence-electron chi connectivity index (χ4n) is 2.35. The number of hydrogen-bond acceptors (Lipinski definition) is 2. The van der Waals surface area contributed by atoms with E-state index in [4.69, 9.17) is 4.74 Å². The van der Waals surface area contributed by atoms with Crippen LogP contribution < -0.4 is 0 Å². The second kappa shape index (κ2) is 4.54. The van der Waals surface area contributed by atoms with Gasteiger partial charge >= 0.3 is 0 Å². The smallest absolute Gasteiger partial charge is 0.164 e. The highest BCUT2D eigenvalue weighted by molar-refractivity contribution is 5.86. The summed E-state index contributed by atoms with van der Waals surface area (Å²) >= 11 is 0. The molecule has 3 atom stereocenters. The van der Waals surface area contributed by atoms with Crippen molar-refractivity contribution in [3.05, 3.63) is 24.3 Å². The van der Waals surface area contributed by atoms with Crippen molar-refractivity contribution in [2.75, 3.05) is 0 Å². The van der Waals surface area contributed by atoms with Crippen molar-refractivity contribution in [3.8, 4) is 0 Å². The van der Waals surface area contributed by atoms with Gasteiger partial charge in [-0.3, -0.25) is 4.79 Å². The van der Waals surface area contributed by atoms with Crippen LogP contribution in [0.15, 0.2) is 24.3 Å². The highest BCUT2D eigenvalue weighted by atomic mass is 16.6. The summed E-state index contributed by atoms with van der Waals surface area (Å²) in [7, 11) is 0. The molecule has 0 radical (unpaired) electrons. The minimum atomic E-state index is -0.122. The fraction of sp³-hybridized carbons (Fsp3) is 0.643. The molecular formula is C14H20O2. The van der Waals surface area contributed by atoms with Gasteiger partial charge < -0.3 is 4.74 Å². The van der Waals surface area contributed by atoms with Crippen molar-refractivity contribution >= 4 is 5.78 Å². The van der Waals surface area contributed by atoms with Gasteiger partial charge in [0.25, 0.3) is 0 Å². The third kappa shape index (κ3) is 2.43. The summed E-state index contributed by atoms with van der Waals surface area (Å²) in [6.07, 6.45) is 6.75. The molecule has 0 saturated carbocycles. The molecule has 1 heterocycles. The lowest BCUT2D eigenvalue weighted by atomic mass is 9.87. The second-order valence-corrected chi connectivity index (χ2v) is 5.18. The number of ketones is 1. The molecule has 0 N–H and O–H groups in total. The summed E-state index contributed by atoms with van der Waals surface area (Å²) in [5.74, 6) is 1.13. The lowest BCUT2D eigenvalue weighted by Gasteiger charge is -2.15. The van der Waals surface area contributed by atoms with Crippen molar-refractivity contribution in [3.63, 3.8) is 0 Å². The molecule has 1 fully saturated rings. The van der Waals surface area contributed by atoms with E-state index in [0.29, 0.717) is 18.3 Å². The molecule has 0 aromatic heterocycles. The molecule has 0 bridgehead atoms. The molecule has 88 valence electrons. The largest absolute Gasteiger partial charge is 0.361 e. The number of Topliss-reactive ketones (excluding diaryl/α,β-unsaturated/α-hetero) is 1. The van der Waals surface area contributed by atoms with Gasteiger partial charge in [0.2, 0.25) is 0 Å². The van der Waals surface area contributed by atoms with Crippen LogP contribution in [-0.2, 0) is 9.53 Å². The SMILES string of the molecule is C=C1C=C[C@H](C(C)C)C2OC2C(=O)CCC1. The molecule has 2 nitrogen and oxygen atoms in total. The zero-order valence-corrected chi connectivity index (χ0v) is 10.1. The number of epoxide rings is 1. The number of rotatable bonds is 1. The van der Waals surface area contributed by atoms with Crippen LogP contribution in [0.5, 0.6) is 0 Å². The van der Waals surface area contributed by atoms with Gasteiger partial charge in [0.1, 0.15) is 6.10 Å². The molecule has 1 aliphatic carbocycles. The van der Waals surface area contributed by atoms with Gasteiger partial charge in [0.15, 0.2) is 5.78 Å². The van der Waals surface area contributed by atoms with E-state index in [1.54, 1.807) is 0 Å². The number of carbonyl (C=O) groups is 1. The first-order valence-corrected chi connectivity index (χ1v) is 6.13. The third-order valence-corrected chi connectivity index (χ3v) is 3.47. The summed E-state index contributed by atoms with van der Waals surface area (Å²) in [5.41, 5.74) is 1.12. The van der Waals surface area contributed by atoms with E-state index in [-0.39, 0.29) is 18.0 Å². The van der Waals surface area contributed by atoms with E-state index >= 15 is 0 Å². The Kier molecular flexibility index (Phi) is 3.29. The zero-order valence-electron chi connectivity index (χ0n) is 10.1. The topological polar surface area (TPSA) is 29.6 Å². The Balaban J connectivity index is 2.14. The van der Waals surface area contributed by atoms with Crippen LogP contribution in [0.1, 0.15) is 33.1 Å². The molecule has 16 heavy (non-hydrogen) atoms. The van der Waals surface area contributed by atoms with Gasteiger partial charge in [0, 0.05) is 12.3 Å². The van der Waals surface area contributed by atoms with Crippen LogP contribution in [-0.4, -0.2) is 18.0 Å². The van der Waals surface area contributed by atoms with E-state index in [1.165, 1.54) is 0 Å². The van der Waals surface area contributed by atoms with E-state index in [9.17, 15) is 4.79 Å². The Labute approximate surface area is 97.4 Å². The predicted molar refractivity (Wildman–Crippen MR) is 64.1 cm³/mol. The van der Waals surface area contributed by atoms with Gasteiger partial charge in [-0.15, -0.1) is 0 Å². The van der Waals surface area contributed by atoms with E-state index in [0.717, 1.165) is 18.4 Å². The average molecular weight is 220 g/mol. The first kappa shape index (κ1) is 11.6. The van der Waals surface area contributed by atoms with Crippen LogP contribution in [0, 0.1) is 11.8 Å². The van der Waals surface area contributed by atoms with Crippen molar-refractivity contribution in [1.82, 2.24) is 0 Å². The molecule has 2 heteroatoms. The zero-order chi connectivity index (χ0) is 11.7. The number of carbonyl (C=O) groups excluding carboxylic acids is 1. The summed E-state index contributed by atoms with van der Waals surface area (Å²) in [5, 5.41) is 0. The Morgan fingerprint density at radius 2 is 2.19 bits per heavy atom. The number of fused-ring (bicyclic) bond motifs is 1. The Hall–Kier alpha value is -0.890. The van der Waals surface area contributed by atoms with Gasteiger partial charge in [-0.05, 0) is 18.8 Å². The maximum Gasteiger partial charge on any atom is 0.164 e. The minimum Gasteiger partial charge on any atom is -0.361 e. The summed E-state index contributed by atoms with van der Waals surface area (Å²) < 4.78 is 5.54. The lowest BCUT2D eigenvalue weighted by Crippen LogP contribution is -2.19. The molecule has 2 unspecified atom stereocenters. The normalized spacial score (nSPS) is 35.1. The highest BCUT2D eigenvalue weighted by Crippen LogP contribution is 2.37. The first-order chi connectivity index (χ1) is 7.59. The molecule has 0 amide bonds. The first-order valence-electron chi connectivity index (χ1n) is 6.13. The Morgan fingerprint density at radius 3 is 2.88 bits per heavy atom. The van der Waals surface area contributed by atoms with Gasteiger partial charge in [-0.1, -0.05) is 38.2 Å². The van der Waals surface area contributed by atoms with Crippen LogP contribution in [0.2, 0.25) is 0 Å². The summed E-state index contributed by atoms with van der Waals surface area (Å²) in [6.45, 7) is 8.35. The highest BCUT2D eigenvalue weighted by Gasteiger charge is 2.48. The molecule has 0 aromatic carbocycles. The van der Waals surface area contributed by atoms with Gasteiger partial charge in [-0.2, -0.15) is 0 Å². The van der Waals surface area contributed by atoms with Crippen molar-refractivity contribution in [2.45, 2.75) is 45.3 Å². The van der Waals surface area contributed by atoms with Crippen LogP contribution >= 0.6 is 0 Å². The minimum absolute atomic E-state index is 0.120. The third-order valence-electron chi connectivity index (χ3n) is 3.47. The van der Waals surface area contributed by atoms with E-state index in [2.05, 4.69) is 32.6 Å². The standard InChI is InChI=1S/C14H20O2/c1-9(2)11-8-7-10(3)5-4-6-12(15)14-13(11)16-14/h7-9,11,13-14H,3-6H2,1-2H3/t11-,13?,14?/m1/s1. The van der Waals surface area contributed by atoms with Gasteiger partial charge in [0.05, 0.1) is 6.10 Å². The van der Waals surface area contributed by atoms with Crippen LogP contribution in [0.4, 0.5) is 0 Å². The van der Waals surface area contributed by atoms with E-state index in [1.807, 2.05) is 0 Å². The van der Waals surface area contributed by atoms with E-state index < -0.39 is 0 Å². The maximum atomic E-state index is 11.8. The fourth-order valence-corrected chi connectivity index (χ4v) is 2.35. The van der Waals surface area contributed by atoms with Crippen molar-refractivity contribution in [1.29, 1.82) is 0 Å². The van der Waals surface area contributed by atoms with Crippen LogP contribution in [0.25, 0.3) is 0 Å². The second-order valence-electron chi connectivity index (χ2n) is 5.18. The molecule has 2 rings (SSSR count). The number of hydrogen-bond donors (Lipinski definition) is 0. The lowest BCUT2D eigenvalue weighted by molar-refractivity contribution is -0.120. The Morgan fingerprint density at radius 1 is 1.44 bits per heavy atom. The molecule has 0 spiro atoms. The monoisotopic (exact) mass is 220 g/mol. The number of allylic oxidation sites excluding steroid dienone is 2. The van der Waals surface area contributed by atoms with Gasteiger partial charge in [-0.25, -0.2) is 0 Å². The average Bonchev–Trinajstić information content (AvgIpc) is 2.97. The van der Waals surface area contributed by atoms with Crippen molar-refractivity contribution < 1.29 is 9.53 Å². The molecule has 2 aliphatic rings. The molecule has 0 aromatic rings. The quantitative estimate of drug-likeness (QED) is 0.636.